The minimum Gasteiger partial charge on any atom is -0.355 e. The number of hydrogen-bond donors (Lipinski definition) is 2. The largest absolute Gasteiger partial charge is 0.355 e. The molecule has 1 aliphatic rings. The number of nitrogens with one attached hydrogen (secondary N) is 2. The maximum atomic E-state index is 12.1. The summed E-state index contributed by atoms with van der Waals surface area (Å²) in [6.07, 6.45) is 1.98. The first-order valence-electron chi connectivity index (χ1n) is 8.99. The lowest BCUT2D eigenvalue weighted by atomic mass is 10.2. The van der Waals surface area contributed by atoms with Crippen molar-refractivity contribution < 1.29 is 9.59 Å². The van der Waals surface area contributed by atoms with Gasteiger partial charge in [-0.2, -0.15) is 5.10 Å². The summed E-state index contributed by atoms with van der Waals surface area (Å²) in [5, 5.41) is 10.4. The topological polar surface area (TPSA) is 82.5 Å². The highest BCUT2D eigenvalue weighted by Crippen LogP contribution is 2.14. The zero-order valence-electron chi connectivity index (χ0n) is 15.5. The van der Waals surface area contributed by atoms with Crippen LogP contribution in [0.2, 0.25) is 0 Å². The SMILES string of the molecule is CCCNC(=O)N1CCn2nc(CCC(=O)NCCN(C)C)cc2C1. The lowest BCUT2D eigenvalue weighted by Crippen LogP contribution is -2.44. The lowest BCUT2D eigenvalue weighted by molar-refractivity contribution is -0.121. The summed E-state index contributed by atoms with van der Waals surface area (Å²) in [5.41, 5.74) is 1.94. The number of nitrogens with zero attached hydrogens (tertiary/aromatic N) is 4. The van der Waals surface area contributed by atoms with Crippen molar-refractivity contribution in [3.8, 4) is 0 Å². The van der Waals surface area contributed by atoms with Crippen molar-refractivity contribution in [2.24, 2.45) is 0 Å². The Morgan fingerprint density at radius 3 is 2.76 bits per heavy atom. The van der Waals surface area contributed by atoms with E-state index in [0.29, 0.717) is 45.6 Å². The third-order valence-electron chi connectivity index (χ3n) is 4.15. The molecule has 2 heterocycles. The third kappa shape index (κ3) is 6.04. The molecule has 8 nitrogen and oxygen atoms in total. The molecule has 2 rings (SSSR count). The molecule has 0 atom stereocenters. The minimum atomic E-state index is -0.0175. The van der Waals surface area contributed by atoms with Gasteiger partial charge in [0.2, 0.25) is 5.91 Å². The van der Waals surface area contributed by atoms with Crippen LogP contribution in [-0.4, -0.2) is 71.8 Å². The summed E-state index contributed by atoms with van der Waals surface area (Å²) in [6.45, 7) is 6.15. The van der Waals surface area contributed by atoms with Crippen LogP contribution in [0.25, 0.3) is 0 Å². The van der Waals surface area contributed by atoms with Crippen molar-refractivity contribution in [2.75, 3.05) is 40.3 Å². The number of fused-ring (bicyclic) bond motifs is 1. The number of carbonyl (C=O) groups is 2. The molecule has 0 saturated carbocycles. The molecule has 25 heavy (non-hydrogen) atoms. The van der Waals surface area contributed by atoms with Crippen LogP contribution in [0.15, 0.2) is 6.07 Å². The van der Waals surface area contributed by atoms with Crippen LogP contribution < -0.4 is 10.6 Å². The molecule has 0 unspecified atom stereocenters. The molecule has 0 aliphatic carbocycles. The number of amides is 3. The zero-order valence-corrected chi connectivity index (χ0v) is 15.5. The minimum absolute atomic E-state index is 0.0175. The molecule has 1 aromatic rings. The van der Waals surface area contributed by atoms with Crippen molar-refractivity contribution in [1.82, 2.24) is 30.2 Å². The molecule has 0 bridgehead atoms. The predicted molar refractivity (Wildman–Crippen MR) is 96.2 cm³/mol. The summed E-state index contributed by atoms with van der Waals surface area (Å²) < 4.78 is 1.95. The average molecular weight is 350 g/mol. The van der Waals surface area contributed by atoms with Gasteiger partial charge < -0.3 is 20.4 Å². The maximum Gasteiger partial charge on any atom is 0.317 e. The second kappa shape index (κ2) is 9.41. The standard InChI is InChI=1S/C17H30N6O2/c1-4-7-19-17(25)22-10-11-23-15(13-22)12-14(20-23)5-6-16(24)18-8-9-21(2)3/h12H,4-11,13H2,1-3H3,(H,18,24)(H,19,25). The van der Waals surface area contributed by atoms with Gasteiger partial charge in [-0.3, -0.25) is 9.48 Å². The third-order valence-corrected chi connectivity index (χ3v) is 4.15. The molecule has 140 valence electrons. The van der Waals surface area contributed by atoms with E-state index in [2.05, 4.69) is 15.7 Å². The molecule has 1 aliphatic heterocycles. The van der Waals surface area contributed by atoms with Crippen molar-refractivity contribution >= 4 is 11.9 Å². The van der Waals surface area contributed by atoms with Crippen LogP contribution in [0.3, 0.4) is 0 Å². The quantitative estimate of drug-likeness (QED) is 0.712. The number of hydrogen-bond acceptors (Lipinski definition) is 4. The summed E-state index contributed by atoms with van der Waals surface area (Å²) >= 11 is 0. The van der Waals surface area contributed by atoms with E-state index in [1.54, 1.807) is 0 Å². The Kier molecular flexibility index (Phi) is 7.24. The second-order valence-corrected chi connectivity index (χ2v) is 6.66. The van der Waals surface area contributed by atoms with Crippen LogP contribution in [-0.2, 0) is 24.3 Å². The smallest absolute Gasteiger partial charge is 0.317 e. The zero-order chi connectivity index (χ0) is 18.2. The van der Waals surface area contributed by atoms with Gasteiger partial charge in [-0.25, -0.2) is 4.79 Å². The number of rotatable bonds is 8. The molecule has 2 N–H and O–H groups in total. The number of urea groups is 1. The fourth-order valence-electron chi connectivity index (χ4n) is 2.71. The highest BCUT2D eigenvalue weighted by molar-refractivity contribution is 5.76. The fraction of sp³-hybridized carbons (Fsp3) is 0.706. The van der Waals surface area contributed by atoms with E-state index < -0.39 is 0 Å². The van der Waals surface area contributed by atoms with Crippen LogP contribution >= 0.6 is 0 Å². The molecular weight excluding hydrogens is 320 g/mol. The van der Waals surface area contributed by atoms with E-state index in [4.69, 9.17) is 0 Å². The number of likely N-dealkylation sites (N-methyl/N-ethyl adjacent to an activating group) is 1. The van der Waals surface area contributed by atoms with Gasteiger partial charge in [0.15, 0.2) is 0 Å². The predicted octanol–water partition coefficient (Wildman–Crippen LogP) is 0.429. The second-order valence-electron chi connectivity index (χ2n) is 6.66. The summed E-state index contributed by atoms with van der Waals surface area (Å²) in [6, 6.07) is 1.99. The lowest BCUT2D eigenvalue weighted by Gasteiger charge is -2.27. The van der Waals surface area contributed by atoms with Crippen molar-refractivity contribution in [1.29, 1.82) is 0 Å². The first-order chi connectivity index (χ1) is 12.0. The first-order valence-corrected chi connectivity index (χ1v) is 8.99. The van der Waals surface area contributed by atoms with Gasteiger partial charge in [0.05, 0.1) is 24.5 Å². The summed E-state index contributed by atoms with van der Waals surface area (Å²) in [4.78, 5) is 27.8. The molecule has 0 spiro atoms. The molecule has 0 aromatic carbocycles. The van der Waals surface area contributed by atoms with Gasteiger partial charge >= 0.3 is 6.03 Å². The van der Waals surface area contributed by atoms with Crippen molar-refractivity contribution in [3.63, 3.8) is 0 Å². The Morgan fingerprint density at radius 1 is 1.24 bits per heavy atom. The van der Waals surface area contributed by atoms with E-state index >= 15 is 0 Å². The van der Waals surface area contributed by atoms with Crippen molar-refractivity contribution in [3.05, 3.63) is 17.5 Å². The molecular formula is C17H30N6O2. The Labute approximate surface area is 149 Å². The van der Waals surface area contributed by atoms with E-state index in [1.165, 1.54) is 0 Å². The van der Waals surface area contributed by atoms with Crippen LogP contribution in [0.4, 0.5) is 4.79 Å². The fourth-order valence-corrected chi connectivity index (χ4v) is 2.71. The van der Waals surface area contributed by atoms with Gasteiger partial charge in [-0.15, -0.1) is 0 Å². The molecule has 0 saturated heterocycles. The molecule has 0 fully saturated rings. The van der Waals surface area contributed by atoms with Gasteiger partial charge in [0.1, 0.15) is 0 Å². The van der Waals surface area contributed by atoms with Crippen LogP contribution in [0, 0.1) is 0 Å². The Bertz CT molecular complexity index is 584. The van der Waals surface area contributed by atoms with Gasteiger partial charge in [-0.1, -0.05) is 6.92 Å². The number of aromatic nitrogens is 2. The van der Waals surface area contributed by atoms with E-state index in [0.717, 1.165) is 24.4 Å². The van der Waals surface area contributed by atoms with Gasteiger partial charge in [-0.05, 0) is 26.6 Å². The molecule has 8 heteroatoms. The molecule has 0 radical (unpaired) electrons. The molecule has 1 aromatic heterocycles. The number of aryl methyl sites for hydroxylation is 1. The summed E-state index contributed by atoms with van der Waals surface area (Å²) in [5.74, 6) is 0.0494. The summed E-state index contributed by atoms with van der Waals surface area (Å²) in [7, 11) is 3.96. The number of carbonyl (C=O) groups excluding carboxylic acids is 2. The van der Waals surface area contributed by atoms with Gasteiger partial charge in [0.25, 0.3) is 0 Å². The van der Waals surface area contributed by atoms with Crippen LogP contribution in [0.5, 0.6) is 0 Å². The maximum absolute atomic E-state index is 12.1. The monoisotopic (exact) mass is 350 g/mol. The van der Waals surface area contributed by atoms with Gasteiger partial charge in [0, 0.05) is 39.0 Å². The molecule has 3 amide bonds. The van der Waals surface area contributed by atoms with E-state index in [-0.39, 0.29) is 11.9 Å². The normalized spacial score (nSPS) is 13.7. The first kappa shape index (κ1) is 19.2. The highest BCUT2D eigenvalue weighted by atomic mass is 16.2. The van der Waals surface area contributed by atoms with Crippen LogP contribution in [0.1, 0.15) is 31.2 Å². The van der Waals surface area contributed by atoms with Crippen molar-refractivity contribution in [2.45, 2.75) is 39.3 Å². The van der Waals surface area contributed by atoms with E-state index in [9.17, 15) is 9.59 Å². The highest BCUT2D eigenvalue weighted by Gasteiger charge is 2.22. The Hall–Kier alpha value is -2.09. The Morgan fingerprint density at radius 2 is 2.04 bits per heavy atom. The Balaban J connectivity index is 1.79. The average Bonchev–Trinajstić information content (AvgIpc) is 2.99. The van der Waals surface area contributed by atoms with E-state index in [1.807, 2.05) is 41.6 Å².